The Kier molecular flexibility index (Phi) is 2.74. The van der Waals surface area contributed by atoms with Gasteiger partial charge in [-0.05, 0) is 13.0 Å². The van der Waals surface area contributed by atoms with E-state index < -0.39 is 0 Å². The summed E-state index contributed by atoms with van der Waals surface area (Å²) >= 11 is 1.15. The van der Waals surface area contributed by atoms with E-state index in [1.807, 2.05) is 0 Å². The fourth-order valence-corrected chi connectivity index (χ4v) is 0.959. The Labute approximate surface area is 68.1 Å². The third-order valence-electron chi connectivity index (χ3n) is 0.926. The summed E-state index contributed by atoms with van der Waals surface area (Å²) in [6, 6.07) is 0. The largest absolute Gasteiger partial charge is 0.311 e. The molecule has 0 atom stereocenters. The van der Waals surface area contributed by atoms with Crippen LogP contribution in [0.1, 0.15) is 6.92 Å². The average molecular weight is 169 g/mol. The van der Waals surface area contributed by atoms with Crippen LogP contribution in [0.2, 0.25) is 0 Å². The quantitative estimate of drug-likeness (QED) is 0.673. The molecule has 1 aromatic rings. The second kappa shape index (κ2) is 3.82. The van der Waals surface area contributed by atoms with Crippen LogP contribution in [0.5, 0.6) is 0 Å². The first-order valence-corrected chi connectivity index (χ1v) is 3.81. The van der Waals surface area contributed by atoms with Gasteiger partial charge < -0.3 is 5.32 Å². The molecule has 1 aromatic heterocycles. The molecular formula is C6H7N3OS. The molecule has 1 N–H and O–H groups in total. The van der Waals surface area contributed by atoms with E-state index in [0.29, 0.717) is 5.00 Å². The van der Waals surface area contributed by atoms with Gasteiger partial charge in [-0.1, -0.05) is 10.6 Å². The highest BCUT2D eigenvalue weighted by Gasteiger charge is 1.97. The van der Waals surface area contributed by atoms with E-state index in [1.54, 1.807) is 13.0 Å². The molecule has 0 aliphatic rings. The molecule has 0 saturated carbocycles. The topological polar surface area (TPSA) is 54.9 Å². The summed E-state index contributed by atoms with van der Waals surface area (Å²) in [4.78, 5) is 10.9. The van der Waals surface area contributed by atoms with Crippen LogP contribution in [0.3, 0.4) is 0 Å². The number of allylic oxidation sites excluding steroid dienone is 1. The lowest BCUT2D eigenvalue weighted by Gasteiger charge is -1.92. The minimum absolute atomic E-state index is 0.154. The SMILES string of the molecule is C/C=C/C(=O)Nc1cnns1. The van der Waals surface area contributed by atoms with Crippen molar-refractivity contribution in [1.82, 2.24) is 9.59 Å². The van der Waals surface area contributed by atoms with Crippen molar-refractivity contribution in [3.05, 3.63) is 18.3 Å². The number of aromatic nitrogens is 2. The Morgan fingerprint density at radius 1 is 1.82 bits per heavy atom. The molecular weight excluding hydrogens is 162 g/mol. The monoisotopic (exact) mass is 169 g/mol. The summed E-state index contributed by atoms with van der Waals surface area (Å²) in [5.41, 5.74) is 0. The molecule has 58 valence electrons. The normalized spacial score (nSPS) is 10.3. The number of nitrogens with zero attached hydrogens (tertiary/aromatic N) is 2. The molecule has 0 radical (unpaired) electrons. The molecule has 1 heterocycles. The van der Waals surface area contributed by atoms with E-state index in [1.165, 1.54) is 12.3 Å². The van der Waals surface area contributed by atoms with Gasteiger partial charge in [-0.25, -0.2) is 0 Å². The van der Waals surface area contributed by atoms with Gasteiger partial charge in [0.2, 0.25) is 5.91 Å². The summed E-state index contributed by atoms with van der Waals surface area (Å²) in [5, 5.41) is 6.82. The zero-order valence-corrected chi connectivity index (χ0v) is 6.76. The van der Waals surface area contributed by atoms with Crippen LogP contribution in [-0.2, 0) is 4.79 Å². The lowest BCUT2D eigenvalue weighted by atomic mass is 10.5. The molecule has 5 heteroatoms. The highest BCUT2D eigenvalue weighted by Crippen LogP contribution is 2.08. The number of amides is 1. The zero-order valence-electron chi connectivity index (χ0n) is 5.94. The highest BCUT2D eigenvalue weighted by atomic mass is 32.1. The fraction of sp³-hybridized carbons (Fsp3) is 0.167. The van der Waals surface area contributed by atoms with Crippen LogP contribution in [-0.4, -0.2) is 15.5 Å². The van der Waals surface area contributed by atoms with Crippen molar-refractivity contribution in [2.45, 2.75) is 6.92 Å². The molecule has 0 aromatic carbocycles. The predicted molar refractivity (Wildman–Crippen MR) is 43.4 cm³/mol. The second-order valence-corrected chi connectivity index (χ2v) is 2.56. The van der Waals surface area contributed by atoms with Crippen LogP contribution in [0, 0.1) is 0 Å². The first kappa shape index (κ1) is 7.87. The van der Waals surface area contributed by atoms with Gasteiger partial charge in [-0.15, -0.1) is 5.10 Å². The summed E-state index contributed by atoms with van der Waals surface area (Å²) < 4.78 is 3.59. The average Bonchev–Trinajstić information content (AvgIpc) is 2.40. The van der Waals surface area contributed by atoms with E-state index in [-0.39, 0.29) is 5.91 Å². The van der Waals surface area contributed by atoms with Gasteiger partial charge in [0.05, 0.1) is 6.20 Å². The van der Waals surface area contributed by atoms with Gasteiger partial charge in [-0.3, -0.25) is 4.79 Å². The van der Waals surface area contributed by atoms with E-state index >= 15 is 0 Å². The lowest BCUT2D eigenvalue weighted by Crippen LogP contribution is -2.05. The van der Waals surface area contributed by atoms with Crippen molar-refractivity contribution in [3.8, 4) is 0 Å². The van der Waals surface area contributed by atoms with Crippen LogP contribution in [0.4, 0.5) is 5.00 Å². The molecule has 0 aliphatic carbocycles. The number of hydrogen-bond acceptors (Lipinski definition) is 4. The number of anilines is 1. The summed E-state index contributed by atoms with van der Waals surface area (Å²) in [6.07, 6.45) is 4.62. The molecule has 11 heavy (non-hydrogen) atoms. The second-order valence-electron chi connectivity index (χ2n) is 1.77. The number of carbonyl (C=O) groups excluding carboxylic acids is 1. The maximum Gasteiger partial charge on any atom is 0.248 e. The van der Waals surface area contributed by atoms with Gasteiger partial charge in [0.1, 0.15) is 5.00 Å². The number of rotatable bonds is 2. The zero-order chi connectivity index (χ0) is 8.10. The number of hydrogen-bond donors (Lipinski definition) is 1. The molecule has 0 unspecified atom stereocenters. The van der Waals surface area contributed by atoms with Crippen LogP contribution >= 0.6 is 11.5 Å². The molecule has 1 amide bonds. The molecule has 0 spiro atoms. The molecule has 0 bridgehead atoms. The third-order valence-corrected chi connectivity index (χ3v) is 1.51. The Bertz CT molecular complexity index is 255. The van der Waals surface area contributed by atoms with Crippen molar-refractivity contribution in [2.24, 2.45) is 0 Å². The minimum atomic E-state index is -0.154. The predicted octanol–water partition coefficient (Wildman–Crippen LogP) is 1.05. The van der Waals surface area contributed by atoms with E-state index in [0.717, 1.165) is 11.5 Å². The van der Waals surface area contributed by atoms with Crippen molar-refractivity contribution >= 4 is 22.4 Å². The van der Waals surface area contributed by atoms with E-state index in [4.69, 9.17) is 0 Å². The number of nitrogens with one attached hydrogen (secondary N) is 1. The first-order valence-electron chi connectivity index (χ1n) is 3.04. The van der Waals surface area contributed by atoms with Gasteiger partial charge in [-0.2, -0.15) is 0 Å². The summed E-state index contributed by atoms with van der Waals surface area (Å²) in [6.45, 7) is 1.78. The molecule has 4 nitrogen and oxygen atoms in total. The maximum atomic E-state index is 10.9. The summed E-state index contributed by atoms with van der Waals surface area (Å²) in [7, 11) is 0. The standard InChI is InChI=1S/C6H7N3OS/c1-2-3-5(10)8-6-4-7-9-11-6/h2-4H,1H3,(H,8,10)/b3-2+. The maximum absolute atomic E-state index is 10.9. The first-order chi connectivity index (χ1) is 5.33. The Hall–Kier alpha value is -1.23. The van der Waals surface area contributed by atoms with Crippen molar-refractivity contribution in [1.29, 1.82) is 0 Å². The Balaban J connectivity index is 2.50. The van der Waals surface area contributed by atoms with Gasteiger partial charge in [0, 0.05) is 11.5 Å². The Morgan fingerprint density at radius 2 is 2.64 bits per heavy atom. The minimum Gasteiger partial charge on any atom is -0.311 e. The van der Waals surface area contributed by atoms with Gasteiger partial charge >= 0.3 is 0 Å². The van der Waals surface area contributed by atoms with Gasteiger partial charge in [0.25, 0.3) is 0 Å². The van der Waals surface area contributed by atoms with Crippen molar-refractivity contribution < 1.29 is 4.79 Å². The fourth-order valence-electron chi connectivity index (χ4n) is 0.537. The molecule has 1 rings (SSSR count). The number of carbonyl (C=O) groups is 1. The van der Waals surface area contributed by atoms with Crippen LogP contribution < -0.4 is 5.32 Å². The highest BCUT2D eigenvalue weighted by molar-refractivity contribution is 7.10. The summed E-state index contributed by atoms with van der Waals surface area (Å²) in [5.74, 6) is -0.154. The van der Waals surface area contributed by atoms with Crippen LogP contribution in [0.25, 0.3) is 0 Å². The molecule has 0 fully saturated rings. The molecule has 0 aliphatic heterocycles. The molecule has 0 saturated heterocycles. The van der Waals surface area contributed by atoms with E-state index in [9.17, 15) is 4.79 Å². The van der Waals surface area contributed by atoms with Gasteiger partial charge in [0.15, 0.2) is 0 Å². The van der Waals surface area contributed by atoms with Crippen molar-refractivity contribution in [3.63, 3.8) is 0 Å². The van der Waals surface area contributed by atoms with Crippen molar-refractivity contribution in [2.75, 3.05) is 5.32 Å². The van der Waals surface area contributed by atoms with E-state index in [2.05, 4.69) is 14.9 Å². The Morgan fingerprint density at radius 3 is 3.18 bits per heavy atom. The third kappa shape index (κ3) is 2.46. The van der Waals surface area contributed by atoms with Crippen LogP contribution in [0.15, 0.2) is 18.3 Å². The smallest absolute Gasteiger partial charge is 0.248 e. The lowest BCUT2D eigenvalue weighted by molar-refractivity contribution is -0.111.